The van der Waals surface area contributed by atoms with Crippen molar-refractivity contribution in [3.63, 3.8) is 0 Å². The quantitative estimate of drug-likeness (QED) is 0.419. The van der Waals surface area contributed by atoms with Gasteiger partial charge in [0.2, 0.25) is 0 Å². The molecule has 0 radical (unpaired) electrons. The topological polar surface area (TPSA) is 25.2 Å². The molecule has 3 aromatic rings. The van der Waals surface area contributed by atoms with Gasteiger partial charge < -0.3 is 9.73 Å². The Labute approximate surface area is 173 Å². The third-order valence-electron chi connectivity index (χ3n) is 4.93. The first kappa shape index (κ1) is 20.5. The fourth-order valence-corrected chi connectivity index (χ4v) is 3.40. The Morgan fingerprint density at radius 2 is 1.79 bits per heavy atom. The van der Waals surface area contributed by atoms with Crippen LogP contribution in [0.1, 0.15) is 39.7 Å². The van der Waals surface area contributed by atoms with Crippen molar-refractivity contribution >= 4 is 27.5 Å². The first-order valence-corrected chi connectivity index (χ1v) is 10.1. The normalized spacial score (nSPS) is 13.9. The Hall–Kier alpha value is -3.26. The number of para-hydroxylation sites is 2. The highest BCUT2D eigenvalue weighted by molar-refractivity contribution is 6.09. The molecule has 0 unspecified atom stereocenters. The molecule has 0 saturated heterocycles. The van der Waals surface area contributed by atoms with Crippen molar-refractivity contribution in [2.45, 2.75) is 34.1 Å². The second-order valence-electron chi connectivity index (χ2n) is 7.10. The summed E-state index contributed by atoms with van der Waals surface area (Å²) in [5, 5.41) is 5.86. The van der Waals surface area contributed by atoms with Crippen LogP contribution in [-0.2, 0) is 0 Å². The molecular formula is C27H29NO. The number of allylic oxidation sites excluding steroid dienone is 8. The number of fused-ring (bicyclic) bond motifs is 3. The highest BCUT2D eigenvalue weighted by Crippen LogP contribution is 2.35. The zero-order valence-electron chi connectivity index (χ0n) is 17.8. The van der Waals surface area contributed by atoms with Crippen LogP contribution in [0, 0.1) is 0 Å². The highest BCUT2D eigenvalue weighted by Gasteiger charge is 2.15. The van der Waals surface area contributed by atoms with Gasteiger partial charge in [0.15, 0.2) is 0 Å². The third-order valence-corrected chi connectivity index (χ3v) is 4.93. The number of rotatable bonds is 7. The lowest BCUT2D eigenvalue weighted by atomic mass is 9.98. The molecule has 2 nitrogen and oxygen atoms in total. The molecule has 2 aromatic carbocycles. The van der Waals surface area contributed by atoms with Crippen molar-refractivity contribution < 1.29 is 4.42 Å². The fourth-order valence-electron chi connectivity index (χ4n) is 3.40. The molecule has 29 heavy (non-hydrogen) atoms. The lowest BCUT2D eigenvalue weighted by Crippen LogP contribution is -2.12. The number of furan rings is 1. The fraction of sp³-hybridized carbons (Fsp3) is 0.185. The molecule has 0 aliphatic heterocycles. The molecule has 1 heterocycles. The van der Waals surface area contributed by atoms with Gasteiger partial charge in [-0.25, -0.2) is 0 Å². The molecule has 148 valence electrons. The SMILES string of the molecule is C=C/C(C)=C\C=C(/C)NC(=C/C)/C(=C\CC)c1cccc2c1oc1ccccc12. The van der Waals surface area contributed by atoms with Gasteiger partial charge in [-0.05, 0) is 39.3 Å². The van der Waals surface area contributed by atoms with Crippen LogP contribution in [0.25, 0.3) is 27.5 Å². The number of hydrogen-bond donors (Lipinski definition) is 1. The first-order chi connectivity index (χ1) is 14.1. The predicted molar refractivity (Wildman–Crippen MR) is 127 cm³/mol. The third kappa shape index (κ3) is 4.43. The van der Waals surface area contributed by atoms with Crippen LogP contribution in [0.5, 0.6) is 0 Å². The van der Waals surface area contributed by atoms with E-state index in [4.69, 9.17) is 4.42 Å². The largest absolute Gasteiger partial charge is 0.455 e. The van der Waals surface area contributed by atoms with E-state index in [9.17, 15) is 0 Å². The predicted octanol–water partition coefficient (Wildman–Crippen LogP) is 7.91. The van der Waals surface area contributed by atoms with Gasteiger partial charge in [0, 0.05) is 33.3 Å². The van der Waals surface area contributed by atoms with Crippen LogP contribution in [0.3, 0.4) is 0 Å². The standard InChI is InChI=1S/C27H29NO/c1-6-12-21(25(8-3)28-20(5)18-17-19(4)7-2)23-14-11-15-24-22-13-9-10-16-26(22)29-27(23)24/h7-18,28H,2,6H2,1,3-5H3/b19-17-,20-18+,21-12-,25-8+. The van der Waals surface area contributed by atoms with E-state index in [1.807, 2.05) is 25.1 Å². The lowest BCUT2D eigenvalue weighted by molar-refractivity contribution is 0.667. The van der Waals surface area contributed by atoms with Gasteiger partial charge in [-0.3, -0.25) is 0 Å². The summed E-state index contributed by atoms with van der Waals surface area (Å²) in [5.74, 6) is 0. The van der Waals surface area contributed by atoms with Gasteiger partial charge in [0.05, 0.1) is 0 Å². The van der Waals surface area contributed by atoms with Crippen molar-refractivity contribution in [1.29, 1.82) is 0 Å². The zero-order chi connectivity index (χ0) is 20.8. The van der Waals surface area contributed by atoms with Crippen LogP contribution in [0.2, 0.25) is 0 Å². The van der Waals surface area contributed by atoms with E-state index in [0.717, 1.165) is 56.5 Å². The molecule has 0 fully saturated rings. The van der Waals surface area contributed by atoms with Gasteiger partial charge in [0.25, 0.3) is 0 Å². The van der Waals surface area contributed by atoms with Crippen LogP contribution < -0.4 is 5.32 Å². The average molecular weight is 384 g/mol. The van der Waals surface area contributed by atoms with E-state index in [2.05, 4.69) is 87.3 Å². The van der Waals surface area contributed by atoms with E-state index in [0.29, 0.717) is 0 Å². The maximum Gasteiger partial charge on any atom is 0.143 e. The summed E-state index contributed by atoms with van der Waals surface area (Å²) < 4.78 is 6.27. The lowest BCUT2D eigenvalue weighted by Gasteiger charge is -2.16. The molecule has 0 atom stereocenters. The van der Waals surface area contributed by atoms with Crippen LogP contribution in [0.4, 0.5) is 0 Å². The maximum atomic E-state index is 6.27. The van der Waals surface area contributed by atoms with E-state index < -0.39 is 0 Å². The van der Waals surface area contributed by atoms with Crippen LogP contribution in [-0.4, -0.2) is 0 Å². The smallest absolute Gasteiger partial charge is 0.143 e. The molecule has 0 amide bonds. The number of benzene rings is 2. The minimum Gasteiger partial charge on any atom is -0.455 e. The molecule has 2 heteroatoms. The molecule has 0 spiro atoms. The van der Waals surface area contributed by atoms with Gasteiger partial charge in [-0.1, -0.05) is 79.8 Å². The molecule has 1 N–H and O–H groups in total. The van der Waals surface area contributed by atoms with Crippen molar-refractivity contribution in [3.8, 4) is 0 Å². The van der Waals surface area contributed by atoms with Gasteiger partial charge >= 0.3 is 0 Å². The van der Waals surface area contributed by atoms with Gasteiger partial charge in [-0.15, -0.1) is 0 Å². The number of hydrogen-bond acceptors (Lipinski definition) is 2. The number of nitrogens with one attached hydrogen (secondary N) is 1. The molecule has 3 rings (SSSR count). The monoisotopic (exact) mass is 383 g/mol. The highest BCUT2D eigenvalue weighted by atomic mass is 16.3. The summed E-state index contributed by atoms with van der Waals surface area (Å²) in [7, 11) is 0. The van der Waals surface area contributed by atoms with E-state index >= 15 is 0 Å². The minimum absolute atomic E-state index is 0.918. The summed E-state index contributed by atoms with van der Waals surface area (Å²) in [5.41, 5.74) is 7.37. The van der Waals surface area contributed by atoms with Crippen molar-refractivity contribution in [2.24, 2.45) is 0 Å². The average Bonchev–Trinajstić information content (AvgIpc) is 3.13. The maximum absolute atomic E-state index is 6.27. The molecular weight excluding hydrogens is 354 g/mol. The second-order valence-corrected chi connectivity index (χ2v) is 7.10. The van der Waals surface area contributed by atoms with Crippen molar-refractivity contribution in [2.75, 3.05) is 0 Å². The van der Waals surface area contributed by atoms with Crippen molar-refractivity contribution in [3.05, 3.63) is 102 Å². The second kappa shape index (κ2) is 9.29. The first-order valence-electron chi connectivity index (χ1n) is 10.1. The van der Waals surface area contributed by atoms with E-state index in [1.165, 1.54) is 0 Å². The minimum atomic E-state index is 0.918. The zero-order valence-corrected chi connectivity index (χ0v) is 17.8. The Kier molecular flexibility index (Phi) is 6.56. The van der Waals surface area contributed by atoms with E-state index in [1.54, 1.807) is 0 Å². The summed E-state index contributed by atoms with van der Waals surface area (Å²) in [6.45, 7) is 12.1. The van der Waals surface area contributed by atoms with Crippen LogP contribution >= 0.6 is 0 Å². The van der Waals surface area contributed by atoms with Crippen LogP contribution in [0.15, 0.2) is 101 Å². The Morgan fingerprint density at radius 1 is 1.03 bits per heavy atom. The Bertz CT molecular complexity index is 1150. The molecule has 0 aliphatic rings. The van der Waals surface area contributed by atoms with Gasteiger partial charge in [-0.2, -0.15) is 0 Å². The molecule has 1 aromatic heterocycles. The van der Waals surface area contributed by atoms with Crippen molar-refractivity contribution in [1.82, 2.24) is 5.32 Å². The summed E-state index contributed by atoms with van der Waals surface area (Å²) in [6, 6.07) is 14.6. The van der Waals surface area contributed by atoms with E-state index in [-0.39, 0.29) is 0 Å². The summed E-state index contributed by atoms with van der Waals surface area (Å²) >= 11 is 0. The molecule has 0 bridgehead atoms. The summed E-state index contributed by atoms with van der Waals surface area (Å²) in [4.78, 5) is 0. The van der Waals surface area contributed by atoms with Gasteiger partial charge in [0.1, 0.15) is 11.2 Å². The molecule has 0 aliphatic carbocycles. The molecule has 0 saturated carbocycles. The Balaban J connectivity index is 2.08. The summed E-state index contributed by atoms with van der Waals surface area (Å²) in [6.07, 6.45) is 11.3. The Morgan fingerprint density at radius 3 is 2.52 bits per heavy atom.